The Hall–Kier alpha value is -1.74. The van der Waals surface area contributed by atoms with Crippen molar-refractivity contribution >= 4 is 20.0 Å². The summed E-state index contributed by atoms with van der Waals surface area (Å²) in [5.41, 5.74) is 4.90. The molecule has 6 nitrogen and oxygen atoms in total. The Balaban J connectivity index is 1.86. The third-order valence-electron chi connectivity index (χ3n) is 5.60. The van der Waals surface area contributed by atoms with E-state index in [0.717, 1.165) is 11.1 Å². The molecule has 30 heavy (non-hydrogen) atoms. The fourth-order valence-electron chi connectivity index (χ4n) is 4.56. The van der Waals surface area contributed by atoms with E-state index in [2.05, 4.69) is 0 Å². The monoisotopic (exact) mass is 450 g/mol. The normalized spacial score (nSPS) is 16.7. The number of piperazine rings is 1. The summed E-state index contributed by atoms with van der Waals surface area (Å²) in [6, 6.07) is 7.46. The van der Waals surface area contributed by atoms with Crippen LogP contribution in [-0.2, 0) is 20.0 Å². The lowest BCUT2D eigenvalue weighted by molar-refractivity contribution is 0.272. The van der Waals surface area contributed by atoms with E-state index < -0.39 is 20.0 Å². The predicted molar refractivity (Wildman–Crippen MR) is 119 cm³/mol. The van der Waals surface area contributed by atoms with Crippen molar-refractivity contribution in [2.24, 2.45) is 0 Å². The van der Waals surface area contributed by atoms with E-state index in [-0.39, 0.29) is 26.2 Å². The zero-order chi connectivity index (χ0) is 22.4. The average molecular weight is 451 g/mol. The van der Waals surface area contributed by atoms with Crippen molar-refractivity contribution in [3.63, 3.8) is 0 Å². The maximum atomic E-state index is 13.3. The molecule has 0 atom stereocenters. The topological polar surface area (TPSA) is 74.8 Å². The first-order chi connectivity index (χ1) is 13.9. The van der Waals surface area contributed by atoms with Gasteiger partial charge in [0.05, 0.1) is 9.79 Å². The molecule has 0 bridgehead atoms. The van der Waals surface area contributed by atoms with Gasteiger partial charge in [0.15, 0.2) is 0 Å². The Bertz CT molecular complexity index is 1050. The van der Waals surface area contributed by atoms with Gasteiger partial charge in [-0.1, -0.05) is 35.4 Å². The van der Waals surface area contributed by atoms with Crippen molar-refractivity contribution in [1.82, 2.24) is 8.61 Å². The van der Waals surface area contributed by atoms with Gasteiger partial charge in [0.25, 0.3) is 0 Å². The van der Waals surface area contributed by atoms with Crippen molar-refractivity contribution in [3.05, 3.63) is 57.6 Å². The fraction of sp³-hybridized carbons (Fsp3) is 0.455. The predicted octanol–water partition coefficient (Wildman–Crippen LogP) is 3.23. The van der Waals surface area contributed by atoms with E-state index in [1.54, 1.807) is 27.7 Å². The van der Waals surface area contributed by atoms with E-state index in [9.17, 15) is 16.8 Å². The van der Waals surface area contributed by atoms with Crippen molar-refractivity contribution in [1.29, 1.82) is 0 Å². The van der Waals surface area contributed by atoms with Crippen LogP contribution in [0.2, 0.25) is 0 Å². The highest BCUT2D eigenvalue weighted by atomic mass is 32.2. The molecular formula is C22H30N2O4S2. The minimum absolute atomic E-state index is 0.137. The summed E-state index contributed by atoms with van der Waals surface area (Å²) in [4.78, 5) is 0.657. The molecule has 0 amide bonds. The summed E-state index contributed by atoms with van der Waals surface area (Å²) in [7, 11) is -7.37. The van der Waals surface area contributed by atoms with Crippen LogP contribution >= 0.6 is 0 Å². The van der Waals surface area contributed by atoms with Gasteiger partial charge in [-0.15, -0.1) is 0 Å². The highest BCUT2D eigenvalue weighted by Gasteiger charge is 2.36. The average Bonchev–Trinajstić information content (AvgIpc) is 2.59. The van der Waals surface area contributed by atoms with Crippen molar-refractivity contribution in [2.45, 2.75) is 51.3 Å². The molecule has 1 fully saturated rings. The van der Waals surface area contributed by atoms with Gasteiger partial charge in [-0.05, 0) is 63.8 Å². The van der Waals surface area contributed by atoms with E-state index in [1.165, 1.54) is 8.61 Å². The summed E-state index contributed by atoms with van der Waals surface area (Å²) in [6.45, 7) is 11.6. The van der Waals surface area contributed by atoms with Gasteiger partial charge in [0.1, 0.15) is 0 Å². The summed E-state index contributed by atoms with van der Waals surface area (Å²) in [5, 5.41) is 0. The van der Waals surface area contributed by atoms with Gasteiger partial charge in [0, 0.05) is 26.2 Å². The van der Waals surface area contributed by atoms with Gasteiger partial charge in [-0.3, -0.25) is 0 Å². The van der Waals surface area contributed by atoms with Crippen LogP contribution in [0, 0.1) is 41.5 Å². The molecule has 164 valence electrons. The number of hydrogen-bond acceptors (Lipinski definition) is 4. The van der Waals surface area contributed by atoms with E-state index >= 15 is 0 Å². The largest absolute Gasteiger partial charge is 0.243 e. The molecule has 2 aromatic rings. The van der Waals surface area contributed by atoms with Crippen LogP contribution in [-0.4, -0.2) is 51.6 Å². The molecule has 0 aliphatic carbocycles. The van der Waals surface area contributed by atoms with Crippen molar-refractivity contribution in [2.75, 3.05) is 26.2 Å². The molecule has 0 unspecified atom stereocenters. The molecule has 3 rings (SSSR count). The number of sulfonamides is 2. The van der Waals surface area contributed by atoms with Gasteiger partial charge >= 0.3 is 0 Å². The number of benzene rings is 2. The number of rotatable bonds is 4. The summed E-state index contributed by atoms with van der Waals surface area (Å²) in [6.07, 6.45) is 0. The third-order valence-corrected chi connectivity index (χ3v) is 10.0. The first-order valence-corrected chi connectivity index (χ1v) is 12.9. The molecule has 8 heteroatoms. The molecule has 0 N–H and O–H groups in total. The molecule has 2 aromatic carbocycles. The first kappa shape index (κ1) is 22.9. The lowest BCUT2D eigenvalue weighted by Crippen LogP contribution is -2.50. The molecule has 1 saturated heterocycles. The van der Waals surface area contributed by atoms with E-state index in [4.69, 9.17) is 0 Å². The highest BCUT2D eigenvalue weighted by Crippen LogP contribution is 2.29. The van der Waals surface area contributed by atoms with Crippen LogP contribution < -0.4 is 0 Å². The number of aryl methyl sites for hydroxylation is 6. The molecule has 0 spiro atoms. The van der Waals surface area contributed by atoms with Gasteiger partial charge in [-0.2, -0.15) is 8.61 Å². The molecule has 1 aliphatic rings. The van der Waals surface area contributed by atoms with Crippen LogP contribution in [0.5, 0.6) is 0 Å². The number of hydrogen-bond donors (Lipinski definition) is 0. The van der Waals surface area contributed by atoms with Crippen molar-refractivity contribution < 1.29 is 16.8 Å². The smallest absolute Gasteiger partial charge is 0.207 e. The second-order valence-electron chi connectivity index (χ2n) is 8.26. The molecule has 1 aliphatic heterocycles. The minimum Gasteiger partial charge on any atom is -0.207 e. The van der Waals surface area contributed by atoms with E-state index in [0.29, 0.717) is 32.0 Å². The summed E-state index contributed by atoms with van der Waals surface area (Å²) < 4.78 is 55.9. The van der Waals surface area contributed by atoms with Crippen LogP contribution in [0.4, 0.5) is 0 Å². The molecule has 1 heterocycles. The Kier molecular flexibility index (Phi) is 6.17. The maximum absolute atomic E-state index is 13.3. The Morgan fingerprint density at radius 1 is 0.533 bits per heavy atom. The minimum atomic E-state index is -3.68. The van der Waals surface area contributed by atoms with Crippen LogP contribution in [0.1, 0.15) is 33.4 Å². The third kappa shape index (κ3) is 4.06. The molecule has 0 radical (unpaired) electrons. The molecule has 0 aromatic heterocycles. The standard InChI is InChI=1S/C22H30N2O4S2/c1-15-11-17(3)21(18(4)12-15)29(25,26)23-7-9-24(10-8-23)30(27,28)22-19(5)13-16(2)14-20(22)6/h11-14H,7-10H2,1-6H3. The van der Waals surface area contributed by atoms with Crippen LogP contribution in [0.3, 0.4) is 0 Å². The first-order valence-electron chi connectivity index (χ1n) is 10.0. The second kappa shape index (κ2) is 8.07. The quantitative estimate of drug-likeness (QED) is 0.717. The summed E-state index contributed by atoms with van der Waals surface area (Å²) >= 11 is 0. The Morgan fingerprint density at radius 3 is 1.00 bits per heavy atom. The van der Waals surface area contributed by atoms with E-state index in [1.807, 2.05) is 38.1 Å². The molecule has 0 saturated carbocycles. The van der Waals surface area contributed by atoms with Gasteiger partial charge in [0.2, 0.25) is 20.0 Å². The highest BCUT2D eigenvalue weighted by molar-refractivity contribution is 7.89. The van der Waals surface area contributed by atoms with Gasteiger partial charge < -0.3 is 0 Å². The zero-order valence-corrected chi connectivity index (χ0v) is 20.1. The molecular weight excluding hydrogens is 420 g/mol. The zero-order valence-electron chi connectivity index (χ0n) is 18.5. The van der Waals surface area contributed by atoms with Crippen LogP contribution in [0.25, 0.3) is 0 Å². The maximum Gasteiger partial charge on any atom is 0.243 e. The Morgan fingerprint density at radius 2 is 0.767 bits per heavy atom. The van der Waals surface area contributed by atoms with Gasteiger partial charge in [-0.25, -0.2) is 16.8 Å². The fourth-order valence-corrected chi connectivity index (χ4v) is 8.22. The lowest BCUT2D eigenvalue weighted by Gasteiger charge is -2.34. The lowest BCUT2D eigenvalue weighted by atomic mass is 10.1. The number of nitrogens with zero attached hydrogens (tertiary/aromatic N) is 2. The second-order valence-corrected chi connectivity index (χ2v) is 12.0. The van der Waals surface area contributed by atoms with Crippen LogP contribution in [0.15, 0.2) is 34.1 Å². The Labute approximate surface area is 180 Å². The van der Waals surface area contributed by atoms with Crippen molar-refractivity contribution in [3.8, 4) is 0 Å². The SMILES string of the molecule is Cc1cc(C)c(S(=O)(=O)N2CCN(S(=O)(=O)c3c(C)cc(C)cc3C)CC2)c(C)c1. The summed E-state index contributed by atoms with van der Waals surface area (Å²) in [5.74, 6) is 0.